The molecular weight excluding hydrogens is 246 g/mol. The van der Waals surface area contributed by atoms with Crippen molar-refractivity contribution in [3.63, 3.8) is 0 Å². The first kappa shape index (κ1) is 12.1. The topological polar surface area (TPSA) is 68.7 Å². The molecule has 0 aliphatic rings. The molecule has 90 valence electrons. The van der Waals surface area contributed by atoms with Crippen molar-refractivity contribution in [2.24, 2.45) is 0 Å². The minimum Gasteiger partial charge on any atom is -0.362 e. The molecule has 0 radical (unpaired) electrons. The second-order valence-corrected chi connectivity index (χ2v) is 4.59. The number of H-pyrrole nitrogens is 1. The molecule has 0 saturated carbocycles. The first-order valence-corrected chi connectivity index (χ1v) is 6.23. The third kappa shape index (κ3) is 3.09. The molecule has 18 heavy (non-hydrogen) atoms. The molecule has 2 aromatic rings. The highest BCUT2D eigenvalue weighted by molar-refractivity contribution is 7.09. The van der Waals surface area contributed by atoms with Crippen LogP contribution in [0, 0.1) is 11.3 Å². The minimum atomic E-state index is -0.361. The molecule has 0 spiro atoms. The molecular formula is C13H11N3OS. The second-order valence-electron chi connectivity index (χ2n) is 3.56. The monoisotopic (exact) mass is 257 g/mol. The Bertz CT molecular complexity index is 576. The van der Waals surface area contributed by atoms with Crippen molar-refractivity contribution in [3.8, 4) is 6.07 Å². The van der Waals surface area contributed by atoms with E-state index in [9.17, 15) is 4.79 Å². The van der Waals surface area contributed by atoms with Gasteiger partial charge in [-0.15, -0.1) is 11.3 Å². The number of nitriles is 1. The highest BCUT2D eigenvalue weighted by atomic mass is 32.1. The van der Waals surface area contributed by atoms with E-state index in [1.807, 2.05) is 29.6 Å². The smallest absolute Gasteiger partial charge is 0.262 e. The quantitative estimate of drug-likeness (QED) is 0.652. The van der Waals surface area contributed by atoms with Gasteiger partial charge >= 0.3 is 0 Å². The van der Waals surface area contributed by atoms with Crippen LogP contribution in [0.4, 0.5) is 0 Å². The van der Waals surface area contributed by atoms with Crippen molar-refractivity contribution in [2.45, 2.75) is 6.54 Å². The van der Waals surface area contributed by atoms with E-state index in [2.05, 4.69) is 10.3 Å². The second kappa shape index (κ2) is 5.84. The number of aromatic nitrogens is 1. The van der Waals surface area contributed by atoms with Crippen molar-refractivity contribution in [1.82, 2.24) is 10.3 Å². The summed E-state index contributed by atoms with van der Waals surface area (Å²) >= 11 is 1.57. The molecule has 2 N–H and O–H groups in total. The van der Waals surface area contributed by atoms with Crippen LogP contribution >= 0.6 is 11.3 Å². The van der Waals surface area contributed by atoms with Crippen molar-refractivity contribution >= 4 is 23.3 Å². The Balaban J connectivity index is 2.00. The molecule has 2 rings (SSSR count). The van der Waals surface area contributed by atoms with Gasteiger partial charge in [0.25, 0.3) is 5.91 Å². The van der Waals surface area contributed by atoms with Crippen LogP contribution in [0.1, 0.15) is 10.6 Å². The Labute approximate surface area is 109 Å². The first-order valence-electron chi connectivity index (χ1n) is 5.35. The number of hydrogen-bond acceptors (Lipinski definition) is 3. The van der Waals surface area contributed by atoms with Gasteiger partial charge in [0.05, 0.1) is 6.54 Å². The van der Waals surface area contributed by atoms with Crippen LogP contribution in [-0.4, -0.2) is 10.9 Å². The lowest BCUT2D eigenvalue weighted by atomic mass is 10.2. The largest absolute Gasteiger partial charge is 0.362 e. The Morgan fingerprint density at radius 2 is 2.39 bits per heavy atom. The SMILES string of the molecule is N#CC(=Cc1ccc[nH]1)C(=O)NCc1cccs1. The summed E-state index contributed by atoms with van der Waals surface area (Å²) in [5.41, 5.74) is 0.826. The number of carbonyl (C=O) groups excluding carboxylic acids is 1. The van der Waals surface area contributed by atoms with Crippen LogP contribution in [0.2, 0.25) is 0 Å². The summed E-state index contributed by atoms with van der Waals surface area (Å²) in [6.07, 6.45) is 3.27. The summed E-state index contributed by atoms with van der Waals surface area (Å²) in [5.74, 6) is -0.361. The van der Waals surface area contributed by atoms with Gasteiger partial charge in [0, 0.05) is 16.8 Å². The van der Waals surface area contributed by atoms with Gasteiger partial charge in [0.15, 0.2) is 0 Å². The number of rotatable bonds is 4. The zero-order valence-electron chi connectivity index (χ0n) is 9.51. The summed E-state index contributed by atoms with van der Waals surface area (Å²) in [6.45, 7) is 0.445. The third-order valence-corrected chi connectivity index (χ3v) is 3.17. The van der Waals surface area contributed by atoms with Crippen LogP contribution < -0.4 is 5.32 Å². The van der Waals surface area contributed by atoms with Gasteiger partial charge in [-0.25, -0.2) is 0 Å². The van der Waals surface area contributed by atoms with Gasteiger partial charge in [-0.05, 0) is 29.7 Å². The summed E-state index contributed by atoms with van der Waals surface area (Å²) in [5, 5.41) is 13.6. The lowest BCUT2D eigenvalue weighted by Gasteiger charge is -2.01. The summed E-state index contributed by atoms with van der Waals surface area (Å²) in [4.78, 5) is 15.8. The molecule has 0 aliphatic carbocycles. The molecule has 0 aliphatic heterocycles. The Kier molecular flexibility index (Phi) is 3.94. The zero-order valence-corrected chi connectivity index (χ0v) is 10.3. The van der Waals surface area contributed by atoms with Gasteiger partial charge < -0.3 is 10.3 Å². The number of hydrogen-bond donors (Lipinski definition) is 2. The molecule has 0 aromatic carbocycles. The molecule has 0 unspecified atom stereocenters. The van der Waals surface area contributed by atoms with E-state index >= 15 is 0 Å². The molecule has 0 bridgehead atoms. The van der Waals surface area contributed by atoms with Gasteiger partial charge in [-0.3, -0.25) is 4.79 Å². The third-order valence-electron chi connectivity index (χ3n) is 2.29. The molecule has 5 heteroatoms. The fourth-order valence-corrected chi connectivity index (χ4v) is 2.06. The van der Waals surface area contributed by atoms with Crippen molar-refractivity contribution in [3.05, 3.63) is 52.0 Å². The summed E-state index contributed by atoms with van der Waals surface area (Å²) < 4.78 is 0. The average Bonchev–Trinajstić information content (AvgIpc) is 3.06. The van der Waals surface area contributed by atoms with Gasteiger partial charge in [-0.2, -0.15) is 5.26 Å². The fraction of sp³-hybridized carbons (Fsp3) is 0.0769. The number of nitrogens with zero attached hydrogens (tertiary/aromatic N) is 1. The van der Waals surface area contributed by atoms with E-state index in [4.69, 9.17) is 5.26 Å². The molecule has 0 fully saturated rings. The number of carbonyl (C=O) groups is 1. The van der Waals surface area contributed by atoms with Crippen molar-refractivity contribution < 1.29 is 4.79 Å². The van der Waals surface area contributed by atoms with Gasteiger partial charge in [0.1, 0.15) is 11.6 Å². The first-order chi connectivity index (χ1) is 8.79. The Morgan fingerprint density at radius 3 is 3.00 bits per heavy atom. The summed E-state index contributed by atoms with van der Waals surface area (Å²) in [6, 6.07) is 9.37. The predicted octanol–water partition coefficient (Wildman–Crippen LogP) is 2.30. The van der Waals surface area contributed by atoms with Crippen LogP contribution in [0.3, 0.4) is 0 Å². The standard InChI is InChI=1S/C13H11N3OS/c14-8-10(7-11-3-1-5-15-11)13(17)16-9-12-4-2-6-18-12/h1-7,15H,9H2,(H,16,17). The van der Waals surface area contributed by atoms with Crippen molar-refractivity contribution in [2.75, 3.05) is 0 Å². The highest BCUT2D eigenvalue weighted by Crippen LogP contribution is 2.08. The maximum atomic E-state index is 11.8. The molecule has 4 nitrogen and oxygen atoms in total. The van der Waals surface area contributed by atoms with Gasteiger partial charge in [0.2, 0.25) is 0 Å². The lowest BCUT2D eigenvalue weighted by molar-refractivity contribution is -0.117. The summed E-state index contributed by atoms with van der Waals surface area (Å²) in [7, 11) is 0. The van der Waals surface area contributed by atoms with E-state index in [-0.39, 0.29) is 11.5 Å². The minimum absolute atomic E-state index is 0.0917. The lowest BCUT2D eigenvalue weighted by Crippen LogP contribution is -2.23. The fourth-order valence-electron chi connectivity index (χ4n) is 1.41. The normalized spacial score (nSPS) is 10.9. The Hall–Kier alpha value is -2.32. The maximum absolute atomic E-state index is 11.8. The molecule has 2 aromatic heterocycles. The number of nitrogens with one attached hydrogen (secondary N) is 2. The van der Waals surface area contributed by atoms with Crippen LogP contribution in [-0.2, 0) is 11.3 Å². The van der Waals surface area contributed by atoms with Crippen LogP contribution in [0.25, 0.3) is 6.08 Å². The van der Waals surface area contributed by atoms with Crippen LogP contribution in [0.5, 0.6) is 0 Å². The van der Waals surface area contributed by atoms with E-state index in [0.717, 1.165) is 10.6 Å². The number of thiophene rings is 1. The zero-order chi connectivity index (χ0) is 12.8. The van der Waals surface area contributed by atoms with Gasteiger partial charge in [-0.1, -0.05) is 6.07 Å². The number of amides is 1. The molecule has 1 amide bonds. The van der Waals surface area contributed by atoms with E-state index in [1.54, 1.807) is 23.6 Å². The maximum Gasteiger partial charge on any atom is 0.262 e. The Morgan fingerprint density at radius 1 is 1.50 bits per heavy atom. The molecule has 0 saturated heterocycles. The van der Waals surface area contributed by atoms with Crippen molar-refractivity contribution in [1.29, 1.82) is 5.26 Å². The predicted molar refractivity (Wildman–Crippen MR) is 70.5 cm³/mol. The average molecular weight is 257 g/mol. The number of aromatic amines is 1. The molecule has 2 heterocycles. The van der Waals surface area contributed by atoms with E-state index < -0.39 is 0 Å². The van der Waals surface area contributed by atoms with E-state index in [1.165, 1.54) is 6.08 Å². The van der Waals surface area contributed by atoms with Crippen LogP contribution in [0.15, 0.2) is 41.4 Å². The molecule has 0 atom stereocenters. The highest BCUT2D eigenvalue weighted by Gasteiger charge is 2.08. The van der Waals surface area contributed by atoms with E-state index in [0.29, 0.717) is 6.54 Å².